The van der Waals surface area contributed by atoms with E-state index in [1.165, 1.54) is 0 Å². The number of hydrogen-bond acceptors (Lipinski definition) is 2. The molecule has 20 heavy (non-hydrogen) atoms. The number of carbonyl (C=O) groups excluding carboxylic acids is 1. The van der Waals surface area contributed by atoms with Crippen LogP contribution in [0, 0.1) is 5.92 Å². The number of carbonyl (C=O) groups is 1. The molecule has 0 fully saturated rings. The first-order valence-electron chi connectivity index (χ1n) is 6.66. The largest absolute Gasteiger partial charge is 0.496 e. The minimum Gasteiger partial charge on any atom is -0.496 e. The molecule has 104 valence electrons. The number of rotatable bonds is 6. The molecule has 0 spiro atoms. The number of amides is 1. The third-order valence-electron chi connectivity index (χ3n) is 3.39. The lowest BCUT2D eigenvalue weighted by molar-refractivity contribution is -0.121. The van der Waals surface area contributed by atoms with Crippen molar-refractivity contribution in [2.75, 3.05) is 7.11 Å². The monoisotopic (exact) mass is 269 g/mol. The number of methoxy groups -OCH3 is 1. The van der Waals surface area contributed by atoms with Crippen molar-refractivity contribution in [2.45, 2.75) is 12.8 Å². The molecule has 0 aliphatic carbocycles. The minimum atomic E-state index is -0.278. The van der Waals surface area contributed by atoms with Crippen LogP contribution < -0.4 is 10.5 Å². The van der Waals surface area contributed by atoms with E-state index in [9.17, 15) is 4.79 Å². The standard InChI is InChI=1S/C17H19NO2/c1-20-16-10-6-5-9-14(16)12-15(17(18)19)11-13-7-3-2-4-8-13/h2-10,15H,11-12H2,1H3,(H2,18,19). The zero-order valence-electron chi connectivity index (χ0n) is 11.6. The van der Waals surface area contributed by atoms with Gasteiger partial charge < -0.3 is 10.5 Å². The number of benzene rings is 2. The van der Waals surface area contributed by atoms with Gasteiger partial charge in [-0.15, -0.1) is 0 Å². The number of primary amides is 1. The lowest BCUT2D eigenvalue weighted by Crippen LogP contribution is -2.27. The molecule has 0 saturated carbocycles. The smallest absolute Gasteiger partial charge is 0.221 e. The van der Waals surface area contributed by atoms with Crippen LogP contribution in [0.25, 0.3) is 0 Å². The number of nitrogens with two attached hydrogens (primary N) is 1. The molecule has 3 heteroatoms. The van der Waals surface area contributed by atoms with Gasteiger partial charge in [0, 0.05) is 5.92 Å². The summed E-state index contributed by atoms with van der Waals surface area (Å²) in [5, 5.41) is 0. The SMILES string of the molecule is COc1ccccc1CC(Cc1ccccc1)C(N)=O. The normalized spacial score (nSPS) is 11.8. The third kappa shape index (κ3) is 3.60. The van der Waals surface area contributed by atoms with Gasteiger partial charge in [0.1, 0.15) is 5.75 Å². The van der Waals surface area contributed by atoms with Crippen LogP contribution in [-0.2, 0) is 17.6 Å². The molecule has 1 amide bonds. The second kappa shape index (κ2) is 6.75. The molecule has 0 aliphatic heterocycles. The van der Waals surface area contributed by atoms with E-state index in [0.717, 1.165) is 16.9 Å². The van der Waals surface area contributed by atoms with E-state index < -0.39 is 0 Å². The van der Waals surface area contributed by atoms with Crippen LogP contribution in [-0.4, -0.2) is 13.0 Å². The molecule has 1 atom stereocenters. The van der Waals surface area contributed by atoms with Gasteiger partial charge >= 0.3 is 0 Å². The topological polar surface area (TPSA) is 52.3 Å². The summed E-state index contributed by atoms with van der Waals surface area (Å²) in [4.78, 5) is 11.7. The lowest BCUT2D eigenvalue weighted by atomic mass is 9.91. The third-order valence-corrected chi connectivity index (χ3v) is 3.39. The predicted molar refractivity (Wildman–Crippen MR) is 79.5 cm³/mol. The molecule has 2 aromatic rings. The molecule has 3 nitrogen and oxygen atoms in total. The summed E-state index contributed by atoms with van der Waals surface area (Å²) in [5.74, 6) is 0.292. The molecule has 0 aliphatic rings. The maximum atomic E-state index is 11.7. The second-order valence-electron chi connectivity index (χ2n) is 4.80. The maximum absolute atomic E-state index is 11.7. The first-order valence-corrected chi connectivity index (χ1v) is 6.66. The van der Waals surface area contributed by atoms with E-state index >= 15 is 0 Å². The van der Waals surface area contributed by atoms with Crippen molar-refractivity contribution in [1.29, 1.82) is 0 Å². The Morgan fingerprint density at radius 1 is 1.05 bits per heavy atom. The van der Waals surface area contributed by atoms with Gasteiger partial charge in [-0.3, -0.25) is 4.79 Å². The molecular weight excluding hydrogens is 250 g/mol. The molecule has 0 aromatic heterocycles. The number of para-hydroxylation sites is 1. The zero-order chi connectivity index (χ0) is 14.4. The molecule has 1 unspecified atom stereocenters. The molecule has 0 saturated heterocycles. The summed E-state index contributed by atoms with van der Waals surface area (Å²) in [6.07, 6.45) is 1.24. The van der Waals surface area contributed by atoms with Gasteiger partial charge in [-0.05, 0) is 30.0 Å². The van der Waals surface area contributed by atoms with Crippen LogP contribution in [0.3, 0.4) is 0 Å². The van der Waals surface area contributed by atoms with E-state index in [-0.39, 0.29) is 11.8 Å². The van der Waals surface area contributed by atoms with Gasteiger partial charge in [-0.25, -0.2) is 0 Å². The second-order valence-corrected chi connectivity index (χ2v) is 4.80. The number of ether oxygens (including phenoxy) is 1. The van der Waals surface area contributed by atoms with Crippen LogP contribution >= 0.6 is 0 Å². The Morgan fingerprint density at radius 2 is 1.70 bits per heavy atom. The van der Waals surface area contributed by atoms with Crippen LogP contribution in [0.15, 0.2) is 54.6 Å². The Bertz CT molecular complexity index is 566. The van der Waals surface area contributed by atoms with Gasteiger partial charge in [0.25, 0.3) is 0 Å². The van der Waals surface area contributed by atoms with E-state index in [1.54, 1.807) is 7.11 Å². The fourth-order valence-corrected chi connectivity index (χ4v) is 2.31. The Labute approximate surface area is 119 Å². The highest BCUT2D eigenvalue weighted by atomic mass is 16.5. The summed E-state index contributed by atoms with van der Waals surface area (Å²) < 4.78 is 5.32. The van der Waals surface area contributed by atoms with E-state index in [2.05, 4.69) is 0 Å². The Balaban J connectivity index is 2.16. The first-order chi connectivity index (χ1) is 9.70. The quantitative estimate of drug-likeness (QED) is 0.876. The van der Waals surface area contributed by atoms with Crippen LogP contribution in [0.2, 0.25) is 0 Å². The Hall–Kier alpha value is -2.29. The van der Waals surface area contributed by atoms with E-state index in [1.807, 2.05) is 54.6 Å². The summed E-state index contributed by atoms with van der Waals surface area (Å²) in [6.45, 7) is 0. The van der Waals surface area contributed by atoms with Gasteiger partial charge in [0.2, 0.25) is 5.91 Å². The predicted octanol–water partition coefficient (Wildman–Crippen LogP) is 2.58. The van der Waals surface area contributed by atoms with Crippen LogP contribution in [0.1, 0.15) is 11.1 Å². The fourth-order valence-electron chi connectivity index (χ4n) is 2.31. The van der Waals surface area contributed by atoms with Crippen LogP contribution in [0.4, 0.5) is 0 Å². The maximum Gasteiger partial charge on any atom is 0.221 e. The molecule has 0 bridgehead atoms. The van der Waals surface area contributed by atoms with E-state index in [0.29, 0.717) is 12.8 Å². The first kappa shape index (κ1) is 14.1. The molecular formula is C17H19NO2. The van der Waals surface area contributed by atoms with Crippen molar-refractivity contribution in [1.82, 2.24) is 0 Å². The van der Waals surface area contributed by atoms with Crippen LogP contribution in [0.5, 0.6) is 5.75 Å². The fraction of sp³-hybridized carbons (Fsp3) is 0.235. The van der Waals surface area contributed by atoms with Crippen molar-refractivity contribution < 1.29 is 9.53 Å². The average Bonchev–Trinajstić information content (AvgIpc) is 2.48. The van der Waals surface area contributed by atoms with Crippen molar-refractivity contribution in [3.05, 3.63) is 65.7 Å². The highest BCUT2D eigenvalue weighted by molar-refractivity contribution is 5.77. The molecule has 0 heterocycles. The molecule has 2 N–H and O–H groups in total. The zero-order valence-corrected chi connectivity index (χ0v) is 11.6. The minimum absolute atomic E-state index is 0.228. The summed E-state index contributed by atoms with van der Waals surface area (Å²) >= 11 is 0. The van der Waals surface area contributed by atoms with Gasteiger partial charge in [0.05, 0.1) is 7.11 Å². The average molecular weight is 269 g/mol. The highest BCUT2D eigenvalue weighted by Gasteiger charge is 2.18. The Morgan fingerprint density at radius 3 is 2.35 bits per heavy atom. The van der Waals surface area contributed by atoms with Gasteiger partial charge in [0.15, 0.2) is 0 Å². The highest BCUT2D eigenvalue weighted by Crippen LogP contribution is 2.22. The summed E-state index contributed by atoms with van der Waals surface area (Å²) in [7, 11) is 1.63. The molecule has 0 radical (unpaired) electrons. The van der Waals surface area contributed by atoms with Gasteiger partial charge in [-0.2, -0.15) is 0 Å². The van der Waals surface area contributed by atoms with Crippen molar-refractivity contribution in [3.63, 3.8) is 0 Å². The van der Waals surface area contributed by atoms with E-state index in [4.69, 9.17) is 10.5 Å². The number of hydrogen-bond donors (Lipinski definition) is 1. The summed E-state index contributed by atoms with van der Waals surface area (Å²) in [5.41, 5.74) is 7.67. The summed E-state index contributed by atoms with van der Waals surface area (Å²) in [6, 6.07) is 17.7. The van der Waals surface area contributed by atoms with Crippen molar-refractivity contribution in [2.24, 2.45) is 11.7 Å². The Kier molecular flexibility index (Phi) is 4.77. The van der Waals surface area contributed by atoms with Crippen molar-refractivity contribution >= 4 is 5.91 Å². The van der Waals surface area contributed by atoms with Gasteiger partial charge in [-0.1, -0.05) is 48.5 Å². The molecule has 2 rings (SSSR count). The lowest BCUT2D eigenvalue weighted by Gasteiger charge is -2.15. The molecule has 2 aromatic carbocycles. The van der Waals surface area contributed by atoms with Crippen molar-refractivity contribution in [3.8, 4) is 5.75 Å².